The molecule has 0 bridgehead atoms. The quantitative estimate of drug-likeness (QED) is 0.0698. The third-order valence-corrected chi connectivity index (χ3v) is 7.60. The predicted octanol–water partition coefficient (Wildman–Crippen LogP) is 4.19. The van der Waals surface area contributed by atoms with Crippen LogP contribution in [0.5, 0.6) is 17.2 Å². The molecule has 0 spiro atoms. The Morgan fingerprint density at radius 1 is 0.812 bits per heavy atom. The van der Waals surface area contributed by atoms with E-state index in [0.717, 1.165) is 48.5 Å². The lowest BCUT2D eigenvalue weighted by molar-refractivity contribution is -0.385. The Balaban J connectivity index is 0.00000148. The van der Waals surface area contributed by atoms with Crippen molar-refractivity contribution in [3.63, 3.8) is 0 Å². The summed E-state index contributed by atoms with van der Waals surface area (Å²) in [5, 5.41) is 56.3. The Morgan fingerprint density at radius 2 is 1.42 bits per heavy atom. The van der Waals surface area contributed by atoms with E-state index in [0.29, 0.717) is 0 Å². The number of carboxylic acid groups (broad SMARTS) is 1. The standard InChI is InChI=1S/C24H17N5O13S2.O3S/c1-42-13-4-7-18(43(36,37)38)16(10-13)27-26-15-5-2-11-8-19(44(39,40)41)21(23(31)20(11)22(15)30)28-25-12-3-6-17(29(34)35)14(9-12)24(32)33;1-4(2)3/h2-10,30-31H,1H3,(H,32,33)(H,36,37,38)(H,39,40,41);. The summed E-state index contributed by atoms with van der Waals surface area (Å²) >= 11 is 0. The Labute approximate surface area is 268 Å². The number of carboxylic acids is 1. The minimum atomic E-state index is -5.10. The lowest BCUT2D eigenvalue weighted by Crippen LogP contribution is -2.02. The van der Waals surface area contributed by atoms with Crippen LogP contribution in [-0.4, -0.2) is 71.9 Å². The van der Waals surface area contributed by atoms with Crippen LogP contribution in [0.15, 0.2) is 84.8 Å². The van der Waals surface area contributed by atoms with Crippen molar-refractivity contribution in [2.24, 2.45) is 20.5 Å². The van der Waals surface area contributed by atoms with Crippen molar-refractivity contribution >= 4 is 76.0 Å². The Kier molecular flexibility index (Phi) is 10.8. The molecule has 252 valence electrons. The number of fused-ring (bicyclic) bond motifs is 1. The number of azo groups is 2. The van der Waals surface area contributed by atoms with Crippen molar-refractivity contribution in [3.05, 3.63) is 70.3 Å². The minimum Gasteiger partial charge on any atom is -0.505 e. The van der Waals surface area contributed by atoms with E-state index < -0.39 is 91.0 Å². The van der Waals surface area contributed by atoms with Gasteiger partial charge in [0, 0.05) is 12.1 Å². The fourth-order valence-corrected chi connectivity index (χ4v) is 5.10. The van der Waals surface area contributed by atoms with E-state index in [9.17, 15) is 56.2 Å². The number of hydrogen-bond donors (Lipinski definition) is 5. The number of aromatic carboxylic acids is 1. The summed E-state index contributed by atoms with van der Waals surface area (Å²) in [5.41, 5.74) is -3.57. The molecule has 0 saturated carbocycles. The van der Waals surface area contributed by atoms with Gasteiger partial charge in [-0.1, -0.05) is 6.07 Å². The largest absolute Gasteiger partial charge is 0.505 e. The summed E-state index contributed by atoms with van der Waals surface area (Å²) in [7, 11) is -11.7. The molecule has 0 heterocycles. The van der Waals surface area contributed by atoms with Gasteiger partial charge in [-0.15, -0.1) is 28.0 Å². The number of nitrogens with zero attached hydrogens (tertiary/aromatic N) is 5. The van der Waals surface area contributed by atoms with Crippen LogP contribution in [0.4, 0.5) is 28.4 Å². The molecule has 0 aliphatic rings. The van der Waals surface area contributed by atoms with Gasteiger partial charge in [-0.2, -0.15) is 21.9 Å². The molecule has 24 heteroatoms. The number of hydrogen-bond acceptors (Lipinski definition) is 17. The summed E-state index contributed by atoms with van der Waals surface area (Å²) < 4.78 is 97.3. The van der Waals surface area contributed by atoms with Crippen LogP contribution in [0.1, 0.15) is 10.4 Å². The zero-order valence-corrected chi connectivity index (χ0v) is 25.8. The van der Waals surface area contributed by atoms with Gasteiger partial charge in [0.15, 0.2) is 11.5 Å². The summed E-state index contributed by atoms with van der Waals surface area (Å²) in [6.07, 6.45) is 0. The SMILES string of the molecule is COc1ccc(S(=O)(=O)O)c(N=Nc2ccc3cc(S(=O)(=O)O)c(N=Nc4ccc([N+](=O)[O-])c(C(=O)O)c4)c(O)c3c2O)c1.O=S(=O)=O. The van der Waals surface area contributed by atoms with Crippen molar-refractivity contribution in [3.8, 4) is 17.2 Å². The highest BCUT2D eigenvalue weighted by Gasteiger charge is 2.25. The van der Waals surface area contributed by atoms with Gasteiger partial charge in [-0.3, -0.25) is 19.2 Å². The van der Waals surface area contributed by atoms with Crippen LogP contribution in [0, 0.1) is 10.1 Å². The summed E-state index contributed by atoms with van der Waals surface area (Å²) in [6, 6.07) is 8.96. The van der Waals surface area contributed by atoms with Crippen molar-refractivity contribution < 1.29 is 68.3 Å². The second-order valence-electron chi connectivity index (χ2n) is 8.75. The maximum absolute atomic E-state index is 12.1. The van der Waals surface area contributed by atoms with Crippen molar-refractivity contribution in [2.45, 2.75) is 9.79 Å². The van der Waals surface area contributed by atoms with Crippen molar-refractivity contribution in [1.82, 2.24) is 0 Å². The molecule has 4 aromatic carbocycles. The lowest BCUT2D eigenvalue weighted by Gasteiger charge is -2.11. The molecule has 48 heavy (non-hydrogen) atoms. The summed E-state index contributed by atoms with van der Waals surface area (Å²) in [5.74, 6) is -3.40. The third kappa shape index (κ3) is 8.44. The first kappa shape index (κ1) is 36.5. The number of phenols is 2. The maximum Gasteiger partial charge on any atom is 0.425 e. The highest BCUT2D eigenvalue weighted by molar-refractivity contribution is 7.86. The van der Waals surface area contributed by atoms with Gasteiger partial charge in [-0.05, 0) is 41.8 Å². The monoisotopic (exact) mass is 727 g/mol. The zero-order valence-electron chi connectivity index (χ0n) is 23.4. The summed E-state index contributed by atoms with van der Waals surface area (Å²) in [6.45, 7) is 0. The number of methoxy groups -OCH3 is 1. The number of ether oxygens (including phenoxy) is 1. The molecule has 4 rings (SSSR count). The van der Waals surface area contributed by atoms with Crippen LogP contribution in [0.25, 0.3) is 10.8 Å². The Hall–Kier alpha value is -5.95. The number of nitro groups is 1. The van der Waals surface area contributed by atoms with Gasteiger partial charge >= 0.3 is 16.6 Å². The molecular formula is C24H17N5O16S3. The molecule has 0 amide bonds. The lowest BCUT2D eigenvalue weighted by atomic mass is 10.1. The molecule has 0 radical (unpaired) electrons. The second-order valence-corrected chi connectivity index (χ2v) is 11.9. The van der Waals surface area contributed by atoms with Gasteiger partial charge in [-0.25, -0.2) is 4.79 Å². The molecule has 0 atom stereocenters. The van der Waals surface area contributed by atoms with E-state index in [1.807, 2.05) is 0 Å². The highest BCUT2D eigenvalue weighted by atomic mass is 32.2. The van der Waals surface area contributed by atoms with Gasteiger partial charge < -0.3 is 20.1 Å². The number of benzene rings is 4. The van der Waals surface area contributed by atoms with E-state index >= 15 is 0 Å². The summed E-state index contributed by atoms with van der Waals surface area (Å²) in [4.78, 5) is 19.9. The van der Waals surface area contributed by atoms with E-state index in [1.165, 1.54) is 13.2 Å². The van der Waals surface area contributed by atoms with Crippen LogP contribution in [0.2, 0.25) is 0 Å². The highest BCUT2D eigenvalue weighted by Crippen LogP contribution is 2.48. The molecule has 0 aliphatic carbocycles. The maximum atomic E-state index is 12.1. The van der Waals surface area contributed by atoms with E-state index in [-0.39, 0.29) is 22.5 Å². The Morgan fingerprint density at radius 3 is 1.96 bits per heavy atom. The number of phenolic OH excluding ortho intramolecular Hbond substituents is 2. The van der Waals surface area contributed by atoms with Gasteiger partial charge in [0.1, 0.15) is 38.2 Å². The second kappa shape index (κ2) is 14.2. The molecule has 0 fully saturated rings. The van der Waals surface area contributed by atoms with Crippen LogP contribution in [0.3, 0.4) is 0 Å². The third-order valence-electron chi connectivity index (χ3n) is 5.83. The van der Waals surface area contributed by atoms with Crippen LogP contribution < -0.4 is 4.74 Å². The first-order valence-electron chi connectivity index (χ1n) is 12.0. The fraction of sp³-hybridized carbons (Fsp3) is 0.0417. The van der Waals surface area contributed by atoms with Crippen molar-refractivity contribution in [2.75, 3.05) is 7.11 Å². The molecule has 0 aliphatic heterocycles. The van der Waals surface area contributed by atoms with Crippen molar-refractivity contribution in [1.29, 1.82) is 0 Å². The molecule has 5 N–H and O–H groups in total. The smallest absolute Gasteiger partial charge is 0.425 e. The number of rotatable bonds is 9. The average molecular weight is 728 g/mol. The van der Waals surface area contributed by atoms with E-state index in [4.69, 9.17) is 17.4 Å². The zero-order chi connectivity index (χ0) is 36.1. The predicted molar refractivity (Wildman–Crippen MR) is 158 cm³/mol. The number of carbonyl (C=O) groups is 1. The van der Waals surface area contributed by atoms with Gasteiger partial charge in [0.2, 0.25) is 0 Å². The van der Waals surface area contributed by atoms with Crippen LogP contribution >= 0.6 is 0 Å². The first-order chi connectivity index (χ1) is 22.3. The first-order valence-corrected chi connectivity index (χ1v) is 15.9. The number of nitro benzene ring substituents is 1. The topological polar surface area (TPSA) is 340 Å². The molecule has 21 nitrogen and oxygen atoms in total. The van der Waals surface area contributed by atoms with Crippen LogP contribution in [-0.2, 0) is 30.8 Å². The fourth-order valence-electron chi connectivity index (χ4n) is 3.84. The molecule has 0 saturated heterocycles. The van der Waals surface area contributed by atoms with E-state index in [1.54, 1.807) is 0 Å². The normalized spacial score (nSPS) is 11.7. The minimum absolute atomic E-state index is 0.142. The average Bonchev–Trinajstić information content (AvgIpc) is 2.98. The van der Waals surface area contributed by atoms with E-state index in [2.05, 4.69) is 20.5 Å². The molecule has 0 unspecified atom stereocenters. The number of aromatic hydroxyl groups is 2. The van der Waals surface area contributed by atoms with Gasteiger partial charge in [0.25, 0.3) is 25.9 Å². The molecule has 0 aromatic heterocycles. The molecule has 4 aromatic rings. The van der Waals surface area contributed by atoms with Gasteiger partial charge in [0.05, 0.1) is 23.1 Å². The Bertz CT molecular complexity index is 2370. The molecular weight excluding hydrogens is 710 g/mol.